The molecule has 188 valence electrons. The molecule has 0 heterocycles. The summed E-state index contributed by atoms with van der Waals surface area (Å²) in [5.41, 5.74) is 2.42. The second kappa shape index (κ2) is 13.1. The lowest BCUT2D eigenvalue weighted by molar-refractivity contribution is -0.136. The number of aliphatic carboxylic acids is 1. The number of carboxylic acid groups (broad SMARTS) is 2. The number of hydrogen-bond acceptors (Lipinski definition) is 4. The lowest BCUT2D eigenvalue weighted by Crippen LogP contribution is -2.14. The number of hydrogen-bond donors (Lipinski definition) is 3. The number of amides is 1. The minimum atomic E-state index is -1.12. The van der Waals surface area contributed by atoms with Gasteiger partial charge in [-0.25, -0.2) is 4.79 Å². The zero-order valence-electron chi connectivity index (χ0n) is 20.3. The molecule has 0 saturated carbocycles. The van der Waals surface area contributed by atoms with Gasteiger partial charge < -0.3 is 20.3 Å². The Morgan fingerprint density at radius 2 is 1.64 bits per heavy atom. The van der Waals surface area contributed by atoms with Gasteiger partial charge in [0.05, 0.1) is 5.56 Å². The van der Waals surface area contributed by atoms with Crippen molar-refractivity contribution in [3.63, 3.8) is 0 Å². The van der Waals surface area contributed by atoms with Gasteiger partial charge in [-0.05, 0) is 66.8 Å². The van der Waals surface area contributed by atoms with E-state index < -0.39 is 17.8 Å². The zero-order chi connectivity index (χ0) is 25.9. The van der Waals surface area contributed by atoms with Crippen molar-refractivity contribution in [3.8, 4) is 5.75 Å². The smallest absolute Gasteiger partial charge is 0.335 e. The van der Waals surface area contributed by atoms with E-state index in [1.54, 1.807) is 18.2 Å². The van der Waals surface area contributed by atoms with Crippen molar-refractivity contribution in [2.45, 2.75) is 51.6 Å². The molecule has 1 unspecified atom stereocenters. The van der Waals surface area contributed by atoms with Gasteiger partial charge in [-0.15, -0.1) is 0 Å². The van der Waals surface area contributed by atoms with Crippen molar-refractivity contribution in [1.29, 1.82) is 0 Å². The van der Waals surface area contributed by atoms with E-state index in [4.69, 9.17) is 4.74 Å². The molecule has 36 heavy (non-hydrogen) atoms. The maximum Gasteiger partial charge on any atom is 0.335 e. The number of carboxylic acids is 2. The molecule has 3 aromatic carbocycles. The summed E-state index contributed by atoms with van der Waals surface area (Å²) in [6.45, 7) is 2.15. The first kappa shape index (κ1) is 26.5. The van der Waals surface area contributed by atoms with Crippen LogP contribution in [0.3, 0.4) is 0 Å². The Morgan fingerprint density at radius 1 is 0.889 bits per heavy atom. The third kappa shape index (κ3) is 7.70. The molecule has 3 rings (SSSR count). The Morgan fingerprint density at radius 3 is 2.33 bits per heavy atom. The SMILES string of the molecule is CCCCCC(Oc1ccc(NC(=O)c2cccc(C(=O)O)c2)cc1CCC(=O)O)c1ccccc1. The summed E-state index contributed by atoms with van der Waals surface area (Å²) in [5.74, 6) is -1.93. The lowest BCUT2D eigenvalue weighted by atomic mass is 10.0. The highest BCUT2D eigenvalue weighted by Crippen LogP contribution is 2.32. The van der Waals surface area contributed by atoms with E-state index in [1.807, 2.05) is 30.3 Å². The number of rotatable bonds is 13. The molecular formula is C29H31NO6. The zero-order valence-corrected chi connectivity index (χ0v) is 20.3. The van der Waals surface area contributed by atoms with Crippen LogP contribution in [0.15, 0.2) is 72.8 Å². The molecular weight excluding hydrogens is 458 g/mol. The van der Waals surface area contributed by atoms with Gasteiger partial charge in [-0.2, -0.15) is 0 Å². The van der Waals surface area contributed by atoms with Crippen LogP contribution in [0.1, 0.15) is 77.0 Å². The first-order valence-corrected chi connectivity index (χ1v) is 12.1. The predicted octanol–water partition coefficient (Wildman–Crippen LogP) is 6.35. The van der Waals surface area contributed by atoms with Crippen LogP contribution in [0.2, 0.25) is 0 Å². The van der Waals surface area contributed by atoms with Gasteiger partial charge in [0.1, 0.15) is 11.9 Å². The number of benzene rings is 3. The minimum absolute atomic E-state index is 0.0172. The van der Waals surface area contributed by atoms with Crippen molar-refractivity contribution in [2.75, 3.05) is 5.32 Å². The molecule has 7 heteroatoms. The highest BCUT2D eigenvalue weighted by Gasteiger charge is 2.17. The van der Waals surface area contributed by atoms with Crippen molar-refractivity contribution in [3.05, 3.63) is 95.1 Å². The fourth-order valence-electron chi connectivity index (χ4n) is 3.90. The quantitative estimate of drug-likeness (QED) is 0.241. The summed E-state index contributed by atoms with van der Waals surface area (Å²) in [4.78, 5) is 35.2. The van der Waals surface area contributed by atoms with E-state index in [-0.39, 0.29) is 30.1 Å². The molecule has 3 N–H and O–H groups in total. The predicted molar refractivity (Wildman–Crippen MR) is 138 cm³/mol. The standard InChI is InChI=1S/C29H31NO6/c1-2-3-5-13-25(20-9-6-4-7-10-20)36-26-16-15-24(19-21(26)14-17-27(31)32)30-28(33)22-11-8-12-23(18-22)29(34)35/h4,6-12,15-16,18-19,25H,2-3,5,13-14,17H2,1H3,(H,30,33)(H,31,32)(H,34,35). The van der Waals surface area contributed by atoms with Crippen LogP contribution in [0.5, 0.6) is 5.75 Å². The normalized spacial score (nSPS) is 11.5. The third-order valence-electron chi connectivity index (χ3n) is 5.81. The van der Waals surface area contributed by atoms with Crippen LogP contribution in [0.25, 0.3) is 0 Å². The molecule has 0 radical (unpaired) electrons. The van der Waals surface area contributed by atoms with Gasteiger partial charge in [0, 0.05) is 17.7 Å². The Bertz CT molecular complexity index is 1190. The largest absolute Gasteiger partial charge is 0.485 e. The van der Waals surface area contributed by atoms with Crippen molar-refractivity contribution >= 4 is 23.5 Å². The monoisotopic (exact) mass is 489 g/mol. The molecule has 1 amide bonds. The Hall–Kier alpha value is -4.13. The molecule has 0 fully saturated rings. The Kier molecular flexibility index (Phi) is 9.63. The molecule has 0 spiro atoms. The molecule has 7 nitrogen and oxygen atoms in total. The molecule has 3 aromatic rings. The second-order valence-corrected chi connectivity index (χ2v) is 8.57. The van der Waals surface area contributed by atoms with Gasteiger partial charge >= 0.3 is 11.9 Å². The number of nitrogens with one attached hydrogen (secondary N) is 1. The second-order valence-electron chi connectivity index (χ2n) is 8.57. The van der Waals surface area contributed by atoms with Gasteiger partial charge in [-0.3, -0.25) is 9.59 Å². The van der Waals surface area contributed by atoms with Gasteiger partial charge in [0.25, 0.3) is 5.91 Å². The van der Waals surface area contributed by atoms with E-state index in [0.717, 1.165) is 31.2 Å². The van der Waals surface area contributed by atoms with E-state index in [0.29, 0.717) is 17.0 Å². The summed E-state index contributed by atoms with van der Waals surface area (Å²) >= 11 is 0. The van der Waals surface area contributed by atoms with Crippen molar-refractivity contribution in [2.24, 2.45) is 0 Å². The number of anilines is 1. The van der Waals surface area contributed by atoms with Crippen molar-refractivity contribution < 1.29 is 29.3 Å². The molecule has 0 aliphatic heterocycles. The van der Waals surface area contributed by atoms with Gasteiger partial charge in [0.15, 0.2) is 0 Å². The lowest BCUT2D eigenvalue weighted by Gasteiger charge is -2.22. The summed E-state index contributed by atoms with van der Waals surface area (Å²) in [5, 5.41) is 21.2. The first-order valence-electron chi connectivity index (χ1n) is 12.1. The van der Waals surface area contributed by atoms with Crippen molar-refractivity contribution in [1.82, 2.24) is 0 Å². The van der Waals surface area contributed by atoms with Crippen LogP contribution < -0.4 is 10.1 Å². The fourth-order valence-corrected chi connectivity index (χ4v) is 3.90. The maximum atomic E-state index is 12.7. The summed E-state index contributed by atoms with van der Waals surface area (Å²) in [6.07, 6.45) is 3.99. The average molecular weight is 490 g/mol. The van der Waals surface area contributed by atoms with Crippen LogP contribution in [0, 0.1) is 0 Å². The Labute approximate surface area is 210 Å². The van der Waals surface area contributed by atoms with Crippen LogP contribution in [0.4, 0.5) is 5.69 Å². The van der Waals surface area contributed by atoms with E-state index in [1.165, 1.54) is 24.3 Å². The molecule has 0 saturated heterocycles. The van der Waals surface area contributed by atoms with E-state index >= 15 is 0 Å². The fraction of sp³-hybridized carbons (Fsp3) is 0.276. The molecule has 1 atom stereocenters. The maximum absolute atomic E-state index is 12.7. The van der Waals surface area contributed by atoms with E-state index in [9.17, 15) is 24.6 Å². The molecule has 0 bridgehead atoms. The van der Waals surface area contributed by atoms with E-state index in [2.05, 4.69) is 12.2 Å². The van der Waals surface area contributed by atoms with Gasteiger partial charge in [-0.1, -0.05) is 56.2 Å². The first-order chi connectivity index (χ1) is 17.4. The number of ether oxygens (including phenoxy) is 1. The van der Waals surface area contributed by atoms with Crippen LogP contribution >= 0.6 is 0 Å². The topological polar surface area (TPSA) is 113 Å². The number of carbonyl (C=O) groups is 3. The number of carbonyl (C=O) groups excluding carboxylic acids is 1. The highest BCUT2D eigenvalue weighted by molar-refractivity contribution is 6.05. The summed E-state index contributed by atoms with van der Waals surface area (Å²) in [7, 11) is 0. The third-order valence-corrected chi connectivity index (χ3v) is 5.81. The molecule has 0 aliphatic carbocycles. The number of aryl methyl sites for hydroxylation is 1. The molecule has 0 aromatic heterocycles. The number of aromatic carboxylic acids is 1. The number of unbranched alkanes of at least 4 members (excludes halogenated alkanes) is 2. The van der Waals surface area contributed by atoms with Crippen LogP contribution in [-0.4, -0.2) is 28.1 Å². The van der Waals surface area contributed by atoms with Gasteiger partial charge in [0.2, 0.25) is 0 Å². The highest BCUT2D eigenvalue weighted by atomic mass is 16.5. The Balaban J connectivity index is 1.85. The molecule has 0 aliphatic rings. The minimum Gasteiger partial charge on any atom is -0.485 e. The van der Waals surface area contributed by atoms with Crippen LogP contribution in [-0.2, 0) is 11.2 Å². The average Bonchev–Trinajstić information content (AvgIpc) is 2.88. The summed E-state index contributed by atoms with van der Waals surface area (Å²) < 4.78 is 6.43. The summed E-state index contributed by atoms with van der Waals surface area (Å²) in [6, 6.07) is 20.9.